The first-order valence-corrected chi connectivity index (χ1v) is 13.3. The molecule has 0 bridgehead atoms. The van der Waals surface area contributed by atoms with E-state index in [1.54, 1.807) is 36.4 Å². The fraction of sp³-hybridized carbons (Fsp3) is 0.143. The summed E-state index contributed by atoms with van der Waals surface area (Å²) < 4.78 is 10.3. The lowest BCUT2D eigenvalue weighted by molar-refractivity contribution is -0.150. The van der Waals surface area contributed by atoms with Crippen LogP contribution in [0.5, 0.6) is 0 Å². The molecule has 0 N–H and O–H groups in total. The molecule has 10 heteroatoms. The summed E-state index contributed by atoms with van der Waals surface area (Å²) in [7, 11) is 3.36. The fourth-order valence-electron chi connectivity index (χ4n) is 4.62. The Morgan fingerprint density at radius 2 is 1.11 bits per heavy atom. The van der Waals surface area contributed by atoms with Crippen LogP contribution in [0, 0.1) is 0 Å². The number of esters is 2. The molecule has 4 rings (SSSR count). The molecule has 3 aromatic rings. The number of carbonyl (C=O) groups excluding carboxylic acids is 5. The molecule has 1 saturated heterocycles. The van der Waals surface area contributed by atoms with Gasteiger partial charge in [-0.15, -0.1) is 0 Å². The van der Waals surface area contributed by atoms with Gasteiger partial charge in [-0.2, -0.15) is 0 Å². The smallest absolute Gasteiger partial charge is 0.337 e. The number of hydrogen-bond acceptors (Lipinski definition) is 7. The molecule has 1 heterocycles. The van der Waals surface area contributed by atoms with Gasteiger partial charge in [-0.1, -0.05) is 91.0 Å². The number of urea groups is 1. The Hall–Kier alpha value is -4.49. The predicted molar refractivity (Wildman–Crippen MR) is 143 cm³/mol. The number of carbonyl (C=O) groups is 5. The molecule has 1 fully saturated rings. The molecule has 1 aliphatic rings. The van der Waals surface area contributed by atoms with E-state index in [0.717, 1.165) is 21.3 Å². The Balaban J connectivity index is 2.31. The van der Waals surface area contributed by atoms with Crippen molar-refractivity contribution in [2.24, 2.45) is 0 Å². The molecule has 3 aromatic carbocycles. The van der Waals surface area contributed by atoms with Crippen LogP contribution in [0.2, 0.25) is 0 Å². The summed E-state index contributed by atoms with van der Waals surface area (Å²) >= 11 is 0. The van der Waals surface area contributed by atoms with Crippen molar-refractivity contribution in [2.75, 3.05) is 21.3 Å². The molecule has 1 atom stereocenters. The summed E-state index contributed by atoms with van der Waals surface area (Å²) in [5, 5.41) is 1.79. The SMILES string of the molecule is COC(=O)C(C(C(=O)OC)N1C(=O)C(=O)N(C)C1=O)=P(c1ccccc1)(c1ccccc1)c1ccccc1. The van der Waals surface area contributed by atoms with Gasteiger partial charge >= 0.3 is 29.8 Å². The Kier molecular flexibility index (Phi) is 7.60. The van der Waals surface area contributed by atoms with E-state index in [9.17, 15) is 24.0 Å². The third kappa shape index (κ3) is 4.21. The molecule has 1 unspecified atom stereocenters. The summed E-state index contributed by atoms with van der Waals surface area (Å²) in [6.45, 7) is -3.34. The molecule has 9 nitrogen and oxygen atoms in total. The maximum Gasteiger partial charge on any atom is 0.337 e. The zero-order chi connectivity index (χ0) is 27.4. The van der Waals surface area contributed by atoms with E-state index in [1.807, 2.05) is 54.6 Å². The molecule has 1 aliphatic heterocycles. The van der Waals surface area contributed by atoms with Crippen LogP contribution in [-0.2, 0) is 28.7 Å². The largest absolute Gasteiger partial charge is 0.467 e. The zero-order valence-electron chi connectivity index (χ0n) is 20.9. The van der Waals surface area contributed by atoms with Crippen LogP contribution in [0.25, 0.3) is 0 Å². The van der Waals surface area contributed by atoms with Gasteiger partial charge in [-0.25, -0.2) is 19.3 Å². The van der Waals surface area contributed by atoms with Gasteiger partial charge in [0, 0.05) is 7.05 Å². The van der Waals surface area contributed by atoms with Gasteiger partial charge in [0.15, 0.2) is 6.04 Å². The van der Waals surface area contributed by atoms with Crippen molar-refractivity contribution in [1.82, 2.24) is 9.80 Å². The van der Waals surface area contributed by atoms with E-state index in [2.05, 4.69) is 0 Å². The first-order valence-electron chi connectivity index (χ1n) is 11.5. The van der Waals surface area contributed by atoms with Crippen molar-refractivity contribution < 1.29 is 33.4 Å². The minimum atomic E-state index is -3.34. The van der Waals surface area contributed by atoms with Gasteiger partial charge in [0.2, 0.25) is 0 Å². The van der Waals surface area contributed by atoms with Crippen LogP contribution in [-0.4, -0.2) is 72.2 Å². The van der Waals surface area contributed by atoms with Crippen LogP contribution in [0.4, 0.5) is 4.79 Å². The number of imide groups is 2. The Bertz CT molecular complexity index is 1350. The van der Waals surface area contributed by atoms with Crippen LogP contribution in [0.1, 0.15) is 0 Å². The van der Waals surface area contributed by atoms with Gasteiger partial charge < -0.3 is 9.47 Å². The number of rotatable bonds is 7. The van der Waals surface area contributed by atoms with Crippen molar-refractivity contribution >= 4 is 57.9 Å². The monoisotopic (exact) mass is 532 g/mol. The normalized spacial score (nSPS) is 14.3. The van der Waals surface area contributed by atoms with Crippen molar-refractivity contribution in [2.45, 2.75) is 6.04 Å². The third-order valence-electron chi connectivity index (χ3n) is 6.33. The summed E-state index contributed by atoms with van der Waals surface area (Å²) in [6.07, 6.45) is 0. The highest BCUT2D eigenvalue weighted by molar-refractivity contribution is 7.96. The third-order valence-corrected chi connectivity index (χ3v) is 10.7. The van der Waals surface area contributed by atoms with E-state index in [-0.39, 0.29) is 5.29 Å². The predicted octanol–water partition coefficient (Wildman–Crippen LogP) is 1.29. The Morgan fingerprint density at radius 3 is 1.42 bits per heavy atom. The van der Waals surface area contributed by atoms with Crippen molar-refractivity contribution in [3.8, 4) is 0 Å². The molecule has 38 heavy (non-hydrogen) atoms. The summed E-state index contributed by atoms with van der Waals surface area (Å²) in [5.41, 5.74) is 0. The molecule has 0 aliphatic carbocycles. The average Bonchev–Trinajstić information content (AvgIpc) is 3.16. The number of hydrogen-bond donors (Lipinski definition) is 0. The van der Waals surface area contributed by atoms with Crippen LogP contribution < -0.4 is 15.9 Å². The molecule has 194 valence electrons. The van der Waals surface area contributed by atoms with E-state index >= 15 is 0 Å². The average molecular weight is 532 g/mol. The Labute approximate surface area is 219 Å². The quantitative estimate of drug-likeness (QED) is 0.195. The zero-order valence-corrected chi connectivity index (χ0v) is 21.8. The standard InChI is InChI=1S/C28H25N2O7P/c1-29-24(31)25(32)30(28(29)35)22(26(33)36-2)23(27(34)37-3)38(19-13-7-4-8-14-19,20-15-9-5-10-16-20)21-17-11-6-12-18-21/h4-18,22H,1-3H3. The minimum Gasteiger partial charge on any atom is -0.467 e. The lowest BCUT2D eigenvalue weighted by atomic mass is 10.1. The van der Waals surface area contributed by atoms with Crippen molar-refractivity contribution in [3.63, 3.8) is 0 Å². The van der Waals surface area contributed by atoms with Crippen LogP contribution in [0.15, 0.2) is 91.0 Å². The summed E-state index contributed by atoms with van der Waals surface area (Å²) in [6, 6.07) is 24.2. The van der Waals surface area contributed by atoms with E-state index < -0.39 is 42.7 Å². The highest BCUT2D eigenvalue weighted by atomic mass is 31.2. The first-order chi connectivity index (χ1) is 18.3. The summed E-state index contributed by atoms with van der Waals surface area (Å²) in [4.78, 5) is 67.3. The van der Waals surface area contributed by atoms with Gasteiger partial charge in [0.25, 0.3) is 0 Å². The highest BCUT2D eigenvalue weighted by Gasteiger charge is 2.53. The molecular weight excluding hydrogens is 507 g/mol. The number of likely N-dealkylation sites (N-methyl/N-ethyl adjacent to an activating group) is 1. The van der Waals surface area contributed by atoms with E-state index in [1.165, 1.54) is 0 Å². The van der Waals surface area contributed by atoms with Gasteiger partial charge in [-0.3, -0.25) is 14.5 Å². The van der Waals surface area contributed by atoms with Gasteiger partial charge in [0.1, 0.15) is 0 Å². The number of amides is 4. The number of benzene rings is 3. The fourth-order valence-corrected chi connectivity index (χ4v) is 9.16. The molecule has 0 aromatic heterocycles. The first kappa shape index (κ1) is 26.6. The molecular formula is C28H25N2O7P. The molecule has 0 spiro atoms. The Morgan fingerprint density at radius 1 is 0.684 bits per heavy atom. The lowest BCUT2D eigenvalue weighted by Gasteiger charge is -2.35. The van der Waals surface area contributed by atoms with E-state index in [0.29, 0.717) is 25.7 Å². The maximum absolute atomic E-state index is 13.9. The number of methoxy groups -OCH3 is 2. The second kappa shape index (κ2) is 10.9. The minimum absolute atomic E-state index is 0.180. The van der Waals surface area contributed by atoms with E-state index in [4.69, 9.17) is 9.47 Å². The molecule has 4 amide bonds. The second-order valence-corrected chi connectivity index (χ2v) is 11.7. The van der Waals surface area contributed by atoms with Crippen LogP contribution >= 0.6 is 6.89 Å². The molecule has 0 radical (unpaired) electrons. The van der Waals surface area contributed by atoms with Crippen LogP contribution in [0.3, 0.4) is 0 Å². The summed E-state index contributed by atoms with van der Waals surface area (Å²) in [5.74, 6) is -4.37. The van der Waals surface area contributed by atoms with Gasteiger partial charge in [-0.05, 0) is 22.8 Å². The van der Waals surface area contributed by atoms with Crippen molar-refractivity contribution in [3.05, 3.63) is 91.0 Å². The highest BCUT2D eigenvalue weighted by Crippen LogP contribution is 2.48. The maximum atomic E-state index is 13.9. The van der Waals surface area contributed by atoms with Gasteiger partial charge in [0.05, 0.1) is 19.5 Å². The topological polar surface area (TPSA) is 110 Å². The number of ether oxygens (including phenoxy) is 2. The van der Waals surface area contributed by atoms with Crippen molar-refractivity contribution in [1.29, 1.82) is 0 Å². The second-order valence-electron chi connectivity index (χ2n) is 8.30. The molecule has 0 saturated carbocycles. The lowest BCUT2D eigenvalue weighted by Crippen LogP contribution is -2.55. The number of nitrogens with zero attached hydrogens (tertiary/aromatic N) is 2.